The predicted molar refractivity (Wildman–Crippen MR) is 111 cm³/mol. The van der Waals surface area contributed by atoms with Crippen molar-refractivity contribution in [3.8, 4) is 0 Å². The third-order valence-corrected chi connectivity index (χ3v) is 4.91. The first-order chi connectivity index (χ1) is 14.2. The monoisotopic (exact) mass is 387 g/mol. The molecule has 4 rings (SSSR count). The lowest BCUT2D eigenvalue weighted by atomic mass is 9.91. The van der Waals surface area contributed by atoms with Gasteiger partial charge in [0.1, 0.15) is 6.61 Å². The molecule has 0 aliphatic carbocycles. The Labute approximate surface area is 169 Å². The van der Waals surface area contributed by atoms with Gasteiger partial charge in [0, 0.05) is 23.8 Å². The summed E-state index contributed by atoms with van der Waals surface area (Å²) >= 11 is 0. The van der Waals surface area contributed by atoms with Crippen molar-refractivity contribution in [1.82, 2.24) is 4.98 Å². The second kappa shape index (κ2) is 8.56. The first-order valence-electron chi connectivity index (χ1n) is 9.50. The molecule has 2 amide bonds. The molecule has 1 N–H and O–H groups in total. The summed E-state index contributed by atoms with van der Waals surface area (Å²) in [4.78, 5) is 30.4. The molecule has 3 aromatic rings. The number of anilines is 2. The zero-order valence-corrected chi connectivity index (χ0v) is 15.8. The Bertz CT molecular complexity index is 975. The van der Waals surface area contributed by atoms with Gasteiger partial charge in [-0.05, 0) is 53.9 Å². The van der Waals surface area contributed by atoms with E-state index in [-0.39, 0.29) is 17.9 Å². The van der Waals surface area contributed by atoms with Gasteiger partial charge in [-0.25, -0.2) is 4.79 Å². The molecule has 0 radical (unpaired) electrons. The maximum absolute atomic E-state index is 13.1. The number of nitrogens with zero attached hydrogens (tertiary/aromatic N) is 2. The third-order valence-electron chi connectivity index (χ3n) is 4.91. The van der Waals surface area contributed by atoms with Crippen molar-refractivity contribution in [2.75, 3.05) is 23.4 Å². The summed E-state index contributed by atoms with van der Waals surface area (Å²) in [7, 11) is 0. The average Bonchev–Trinajstić information content (AvgIpc) is 3.20. The molecule has 0 bridgehead atoms. The van der Waals surface area contributed by atoms with Gasteiger partial charge in [0.25, 0.3) is 0 Å². The van der Waals surface area contributed by atoms with Crippen LogP contribution in [0.4, 0.5) is 16.2 Å². The van der Waals surface area contributed by atoms with Gasteiger partial charge in [-0.3, -0.25) is 14.7 Å². The van der Waals surface area contributed by atoms with Crippen molar-refractivity contribution >= 4 is 23.4 Å². The maximum atomic E-state index is 13.1. The van der Waals surface area contributed by atoms with Crippen molar-refractivity contribution < 1.29 is 14.3 Å². The molecule has 1 unspecified atom stereocenters. The molecular formula is C23H21N3O3. The van der Waals surface area contributed by atoms with Crippen LogP contribution in [0.25, 0.3) is 0 Å². The number of aromatic nitrogens is 1. The Balaban J connectivity index is 1.51. The molecule has 2 aromatic carbocycles. The molecule has 1 aromatic heterocycles. The zero-order valence-electron chi connectivity index (χ0n) is 15.8. The van der Waals surface area contributed by atoms with Gasteiger partial charge in [0.15, 0.2) is 0 Å². The normalized spacial score (nSPS) is 14.3. The van der Waals surface area contributed by atoms with E-state index in [1.54, 1.807) is 29.4 Å². The molecule has 1 atom stereocenters. The minimum absolute atomic E-state index is 0.0821. The fourth-order valence-electron chi connectivity index (χ4n) is 3.38. The molecule has 1 saturated heterocycles. The van der Waals surface area contributed by atoms with Crippen LogP contribution in [-0.2, 0) is 16.0 Å². The van der Waals surface area contributed by atoms with E-state index in [4.69, 9.17) is 4.74 Å². The molecule has 0 saturated carbocycles. The highest BCUT2D eigenvalue weighted by Gasteiger charge is 2.24. The highest BCUT2D eigenvalue weighted by Crippen LogP contribution is 2.25. The Morgan fingerprint density at radius 1 is 1.03 bits per heavy atom. The van der Waals surface area contributed by atoms with Crippen LogP contribution in [0.15, 0.2) is 79.1 Å². The first kappa shape index (κ1) is 18.7. The van der Waals surface area contributed by atoms with Crippen molar-refractivity contribution in [1.29, 1.82) is 0 Å². The minimum Gasteiger partial charge on any atom is -0.447 e. The lowest BCUT2D eigenvalue weighted by Gasteiger charge is -2.18. The molecule has 1 aliphatic heterocycles. The number of ether oxygens (including phenoxy) is 1. The van der Waals surface area contributed by atoms with E-state index in [9.17, 15) is 9.59 Å². The summed E-state index contributed by atoms with van der Waals surface area (Å²) in [5, 5.41) is 3.00. The first-order valence-corrected chi connectivity index (χ1v) is 9.50. The number of hydrogen-bond acceptors (Lipinski definition) is 4. The molecule has 1 fully saturated rings. The van der Waals surface area contributed by atoms with Crippen LogP contribution in [-0.4, -0.2) is 30.1 Å². The Hall–Kier alpha value is -3.67. The lowest BCUT2D eigenvalue weighted by molar-refractivity contribution is -0.117. The molecule has 6 heteroatoms. The van der Waals surface area contributed by atoms with E-state index in [2.05, 4.69) is 10.3 Å². The topological polar surface area (TPSA) is 71.5 Å². The lowest BCUT2D eigenvalue weighted by Crippen LogP contribution is -2.24. The average molecular weight is 387 g/mol. The van der Waals surface area contributed by atoms with Crippen molar-refractivity contribution in [2.24, 2.45) is 0 Å². The molecule has 0 spiro atoms. The number of carbonyl (C=O) groups is 2. The second-order valence-corrected chi connectivity index (χ2v) is 6.82. The van der Waals surface area contributed by atoms with Gasteiger partial charge >= 0.3 is 6.09 Å². The number of carbonyl (C=O) groups excluding carboxylic acids is 2. The SMILES string of the molecule is O=C(Nc1ccc(N2CCOC2=O)cc1)C(Cc1ccncc1)c1ccccc1. The highest BCUT2D eigenvalue weighted by molar-refractivity contribution is 5.96. The van der Waals surface area contributed by atoms with Crippen LogP contribution in [0.1, 0.15) is 17.0 Å². The van der Waals surface area contributed by atoms with Gasteiger partial charge in [-0.1, -0.05) is 30.3 Å². The second-order valence-electron chi connectivity index (χ2n) is 6.82. The summed E-state index contributed by atoms with van der Waals surface area (Å²) in [6.45, 7) is 0.928. The Kier molecular flexibility index (Phi) is 5.52. The molecule has 146 valence electrons. The number of pyridine rings is 1. The standard InChI is InChI=1S/C23H21N3O3/c27-22(25-19-6-8-20(9-7-19)26-14-15-29-23(26)28)21(18-4-2-1-3-5-18)16-17-10-12-24-13-11-17/h1-13,21H,14-16H2,(H,25,27). The van der Waals surface area contributed by atoms with E-state index in [1.807, 2.05) is 54.6 Å². The number of cyclic esters (lactones) is 1. The Morgan fingerprint density at radius 2 is 1.76 bits per heavy atom. The Morgan fingerprint density at radius 3 is 2.41 bits per heavy atom. The van der Waals surface area contributed by atoms with Crippen LogP contribution in [0.2, 0.25) is 0 Å². The smallest absolute Gasteiger partial charge is 0.414 e. The number of rotatable bonds is 6. The van der Waals surface area contributed by atoms with E-state index in [1.165, 1.54) is 0 Å². The summed E-state index contributed by atoms with van der Waals surface area (Å²) in [6, 6.07) is 20.8. The van der Waals surface area contributed by atoms with Gasteiger partial charge < -0.3 is 10.1 Å². The fraction of sp³-hybridized carbons (Fsp3) is 0.174. The number of nitrogens with one attached hydrogen (secondary N) is 1. The van der Waals surface area contributed by atoms with E-state index < -0.39 is 0 Å². The van der Waals surface area contributed by atoms with Gasteiger partial charge in [0.2, 0.25) is 5.91 Å². The van der Waals surface area contributed by atoms with Gasteiger partial charge in [-0.2, -0.15) is 0 Å². The van der Waals surface area contributed by atoms with Crippen LogP contribution >= 0.6 is 0 Å². The van der Waals surface area contributed by atoms with Crippen molar-refractivity contribution in [2.45, 2.75) is 12.3 Å². The fourth-order valence-corrected chi connectivity index (χ4v) is 3.38. The van der Waals surface area contributed by atoms with Gasteiger partial charge in [0.05, 0.1) is 12.5 Å². The summed E-state index contributed by atoms with van der Waals surface area (Å²) in [6.07, 6.45) is 3.70. The summed E-state index contributed by atoms with van der Waals surface area (Å²) in [5.74, 6) is -0.409. The van der Waals surface area contributed by atoms with Gasteiger partial charge in [-0.15, -0.1) is 0 Å². The third kappa shape index (κ3) is 4.43. The van der Waals surface area contributed by atoms with Crippen molar-refractivity contribution in [3.05, 3.63) is 90.3 Å². The van der Waals surface area contributed by atoms with Crippen molar-refractivity contribution in [3.63, 3.8) is 0 Å². The largest absolute Gasteiger partial charge is 0.447 e. The van der Waals surface area contributed by atoms with Crippen LogP contribution in [0.5, 0.6) is 0 Å². The summed E-state index contributed by atoms with van der Waals surface area (Å²) in [5.41, 5.74) is 3.44. The molecule has 29 heavy (non-hydrogen) atoms. The molecule has 6 nitrogen and oxygen atoms in total. The minimum atomic E-state index is -0.344. The maximum Gasteiger partial charge on any atom is 0.414 e. The van der Waals surface area contributed by atoms with Crippen LogP contribution in [0, 0.1) is 0 Å². The highest BCUT2D eigenvalue weighted by atomic mass is 16.6. The summed E-state index contributed by atoms with van der Waals surface area (Å²) < 4.78 is 4.96. The molecule has 2 heterocycles. The van der Waals surface area contributed by atoms with E-state index >= 15 is 0 Å². The van der Waals surface area contributed by atoms with Crippen LogP contribution < -0.4 is 10.2 Å². The molecule has 1 aliphatic rings. The molecular weight excluding hydrogens is 366 g/mol. The van der Waals surface area contributed by atoms with E-state index in [0.717, 1.165) is 16.8 Å². The predicted octanol–water partition coefficient (Wildman–Crippen LogP) is 4.00. The van der Waals surface area contributed by atoms with Crippen LogP contribution in [0.3, 0.4) is 0 Å². The van der Waals surface area contributed by atoms with E-state index in [0.29, 0.717) is 25.3 Å². The number of benzene rings is 2. The number of hydrogen-bond donors (Lipinski definition) is 1. The number of amides is 2. The quantitative estimate of drug-likeness (QED) is 0.694. The zero-order chi connectivity index (χ0) is 20.1.